The Kier molecular flexibility index (Phi) is 2.59. The highest BCUT2D eigenvalue weighted by atomic mass is 16.4. The van der Waals surface area contributed by atoms with E-state index in [1.54, 1.807) is 0 Å². The molecule has 2 heterocycles. The maximum absolute atomic E-state index is 10.8. The molecule has 0 aliphatic carbocycles. The Hall–Kier alpha value is -1.81. The van der Waals surface area contributed by atoms with Crippen LogP contribution in [-0.2, 0) is 17.9 Å². The van der Waals surface area contributed by atoms with Gasteiger partial charge in [-0.2, -0.15) is 0 Å². The van der Waals surface area contributed by atoms with E-state index in [2.05, 4.69) is 35.8 Å². The van der Waals surface area contributed by atoms with Gasteiger partial charge in [-0.1, -0.05) is 18.2 Å². The lowest BCUT2D eigenvalue weighted by Crippen LogP contribution is -2.36. The Labute approximate surface area is 105 Å². The van der Waals surface area contributed by atoms with E-state index >= 15 is 0 Å². The van der Waals surface area contributed by atoms with E-state index in [0.29, 0.717) is 0 Å². The molecule has 0 fully saturated rings. The Bertz CT molecular complexity index is 616. The molecule has 0 saturated carbocycles. The zero-order chi connectivity index (χ0) is 12.7. The van der Waals surface area contributed by atoms with Crippen molar-refractivity contribution in [1.29, 1.82) is 0 Å². The average molecular weight is 244 g/mol. The molecule has 1 aromatic heterocycles. The fraction of sp³-hybridized carbons (Fsp3) is 0.357. The average Bonchev–Trinajstić information content (AvgIpc) is 2.66. The Morgan fingerprint density at radius 1 is 1.39 bits per heavy atom. The molecule has 94 valence electrons. The summed E-state index contributed by atoms with van der Waals surface area (Å²) >= 11 is 0. The number of benzene rings is 1. The Balaban J connectivity index is 2.00. The summed E-state index contributed by atoms with van der Waals surface area (Å²) in [4.78, 5) is 12.7. The number of hydrogen-bond acceptors (Lipinski definition) is 2. The molecule has 2 aromatic rings. The van der Waals surface area contributed by atoms with E-state index < -0.39 is 5.97 Å². The molecular weight excluding hydrogens is 228 g/mol. The summed E-state index contributed by atoms with van der Waals surface area (Å²) in [7, 11) is 0. The van der Waals surface area contributed by atoms with Crippen molar-refractivity contribution in [2.45, 2.75) is 20.0 Å². The fourth-order valence-electron chi connectivity index (χ4n) is 2.83. The molecule has 4 heteroatoms. The number of hydrogen-bond donors (Lipinski definition) is 1. The van der Waals surface area contributed by atoms with E-state index in [-0.39, 0.29) is 6.54 Å². The van der Waals surface area contributed by atoms with Crippen LogP contribution >= 0.6 is 0 Å². The molecule has 0 bridgehead atoms. The molecule has 1 aliphatic rings. The highest BCUT2D eigenvalue weighted by Gasteiger charge is 2.20. The Morgan fingerprint density at radius 2 is 2.22 bits per heavy atom. The van der Waals surface area contributed by atoms with Gasteiger partial charge in [0.05, 0.1) is 12.1 Å². The van der Waals surface area contributed by atoms with Gasteiger partial charge in [0.2, 0.25) is 0 Å². The van der Waals surface area contributed by atoms with Crippen LogP contribution in [0.25, 0.3) is 10.9 Å². The highest BCUT2D eigenvalue weighted by Crippen LogP contribution is 2.26. The largest absolute Gasteiger partial charge is 0.480 e. The van der Waals surface area contributed by atoms with Gasteiger partial charge < -0.3 is 9.67 Å². The van der Waals surface area contributed by atoms with Gasteiger partial charge in [-0.25, -0.2) is 0 Å². The number of aromatic nitrogens is 1. The van der Waals surface area contributed by atoms with Crippen LogP contribution in [0.2, 0.25) is 0 Å². The Morgan fingerprint density at radius 3 is 3.00 bits per heavy atom. The summed E-state index contributed by atoms with van der Waals surface area (Å²) in [5.41, 5.74) is 3.79. The molecule has 1 N–H and O–H groups in total. The van der Waals surface area contributed by atoms with Crippen LogP contribution in [0.1, 0.15) is 11.3 Å². The van der Waals surface area contributed by atoms with Gasteiger partial charge in [0.1, 0.15) is 0 Å². The molecule has 0 amide bonds. The zero-order valence-corrected chi connectivity index (χ0v) is 10.4. The van der Waals surface area contributed by atoms with Gasteiger partial charge in [0.15, 0.2) is 0 Å². The summed E-state index contributed by atoms with van der Waals surface area (Å²) in [6.07, 6.45) is 0. The van der Waals surface area contributed by atoms with Crippen molar-refractivity contribution in [3.63, 3.8) is 0 Å². The van der Waals surface area contributed by atoms with Crippen molar-refractivity contribution in [3.05, 3.63) is 35.5 Å². The predicted octanol–water partition coefficient (Wildman–Crippen LogP) is 1.85. The maximum atomic E-state index is 10.8. The molecule has 0 saturated heterocycles. The minimum atomic E-state index is -0.754. The van der Waals surface area contributed by atoms with Crippen LogP contribution in [0.15, 0.2) is 24.3 Å². The second kappa shape index (κ2) is 4.14. The second-order valence-corrected chi connectivity index (χ2v) is 4.90. The lowest BCUT2D eigenvalue weighted by atomic mass is 10.2. The van der Waals surface area contributed by atoms with Crippen LogP contribution in [0.5, 0.6) is 0 Å². The number of para-hydroxylation sites is 1. The van der Waals surface area contributed by atoms with Gasteiger partial charge in [0.25, 0.3) is 0 Å². The minimum absolute atomic E-state index is 0.126. The zero-order valence-electron chi connectivity index (χ0n) is 10.4. The number of aliphatic carboxylic acids is 1. The molecule has 0 atom stereocenters. The first-order valence-electron chi connectivity index (χ1n) is 6.17. The normalized spacial score (nSPS) is 15.8. The summed E-state index contributed by atoms with van der Waals surface area (Å²) in [6, 6.07) is 8.49. The van der Waals surface area contributed by atoms with Crippen LogP contribution in [0, 0.1) is 6.92 Å². The number of carbonyl (C=O) groups is 1. The topological polar surface area (TPSA) is 45.5 Å². The number of fused-ring (bicyclic) bond motifs is 3. The van der Waals surface area contributed by atoms with E-state index in [0.717, 1.165) is 19.6 Å². The summed E-state index contributed by atoms with van der Waals surface area (Å²) in [6.45, 7) is 4.65. The number of rotatable bonds is 2. The third kappa shape index (κ3) is 1.78. The van der Waals surface area contributed by atoms with Crippen molar-refractivity contribution in [2.24, 2.45) is 0 Å². The molecular formula is C14H16N2O2. The van der Waals surface area contributed by atoms with Crippen LogP contribution < -0.4 is 0 Å². The van der Waals surface area contributed by atoms with Crippen molar-refractivity contribution < 1.29 is 9.90 Å². The number of aryl methyl sites for hydroxylation is 1. The molecule has 18 heavy (non-hydrogen) atoms. The van der Waals surface area contributed by atoms with Gasteiger partial charge in [0, 0.05) is 30.7 Å². The van der Waals surface area contributed by atoms with Gasteiger partial charge in [-0.15, -0.1) is 0 Å². The molecule has 0 radical (unpaired) electrons. The summed E-state index contributed by atoms with van der Waals surface area (Å²) in [5.74, 6) is -0.754. The second-order valence-electron chi connectivity index (χ2n) is 4.90. The SMILES string of the molecule is Cc1cccc2cc3n(c12)CCN(CC(=O)O)C3. The van der Waals surface area contributed by atoms with E-state index in [4.69, 9.17) is 5.11 Å². The maximum Gasteiger partial charge on any atom is 0.317 e. The van der Waals surface area contributed by atoms with Crippen molar-refractivity contribution in [3.8, 4) is 0 Å². The first-order valence-corrected chi connectivity index (χ1v) is 6.17. The quantitative estimate of drug-likeness (QED) is 0.877. The third-order valence-electron chi connectivity index (χ3n) is 3.59. The van der Waals surface area contributed by atoms with Crippen molar-refractivity contribution in [1.82, 2.24) is 9.47 Å². The first kappa shape index (κ1) is 11.3. The molecule has 3 rings (SSSR count). The highest BCUT2D eigenvalue weighted by molar-refractivity contribution is 5.84. The standard InChI is InChI=1S/C14H16N2O2/c1-10-3-2-4-11-7-12-8-15(9-13(17)18)5-6-16(12)14(10)11/h2-4,7H,5-6,8-9H2,1H3,(H,17,18). The van der Waals surface area contributed by atoms with Gasteiger partial charge in [-0.05, 0) is 18.6 Å². The molecule has 4 nitrogen and oxygen atoms in total. The molecule has 0 spiro atoms. The number of nitrogens with zero attached hydrogens (tertiary/aromatic N) is 2. The molecule has 1 aliphatic heterocycles. The molecule has 1 aromatic carbocycles. The van der Waals surface area contributed by atoms with Gasteiger partial charge in [-0.3, -0.25) is 9.69 Å². The van der Waals surface area contributed by atoms with Crippen molar-refractivity contribution >= 4 is 16.9 Å². The minimum Gasteiger partial charge on any atom is -0.480 e. The van der Waals surface area contributed by atoms with Crippen LogP contribution in [-0.4, -0.2) is 33.6 Å². The van der Waals surface area contributed by atoms with Crippen LogP contribution in [0.4, 0.5) is 0 Å². The summed E-state index contributed by atoms with van der Waals surface area (Å²) in [5, 5.41) is 10.1. The van der Waals surface area contributed by atoms with E-state index in [9.17, 15) is 4.79 Å². The first-order chi connectivity index (χ1) is 8.65. The van der Waals surface area contributed by atoms with E-state index in [1.165, 1.54) is 22.2 Å². The van der Waals surface area contributed by atoms with Gasteiger partial charge >= 0.3 is 5.97 Å². The monoisotopic (exact) mass is 244 g/mol. The predicted molar refractivity (Wildman–Crippen MR) is 69.6 cm³/mol. The number of carboxylic acid groups (broad SMARTS) is 1. The lowest BCUT2D eigenvalue weighted by Gasteiger charge is -2.27. The van der Waals surface area contributed by atoms with Crippen LogP contribution in [0.3, 0.4) is 0 Å². The molecule has 0 unspecified atom stereocenters. The third-order valence-corrected chi connectivity index (χ3v) is 3.59. The smallest absolute Gasteiger partial charge is 0.317 e. The van der Waals surface area contributed by atoms with Crippen molar-refractivity contribution in [2.75, 3.05) is 13.1 Å². The fourth-order valence-corrected chi connectivity index (χ4v) is 2.83. The summed E-state index contributed by atoms with van der Waals surface area (Å²) < 4.78 is 2.32. The van der Waals surface area contributed by atoms with E-state index in [1.807, 2.05) is 4.90 Å². The number of carboxylic acids is 1. The lowest BCUT2D eigenvalue weighted by molar-refractivity contribution is -0.138.